The number of carbonyl (C=O) groups excluding carboxylic acids is 2. The van der Waals surface area contributed by atoms with Gasteiger partial charge in [-0.1, -0.05) is 23.9 Å². The Morgan fingerprint density at radius 2 is 2.16 bits per heavy atom. The predicted molar refractivity (Wildman–Crippen MR) is 94.7 cm³/mol. The van der Waals surface area contributed by atoms with Gasteiger partial charge in [-0.25, -0.2) is 9.78 Å². The molecule has 0 fully saturated rings. The maximum absolute atomic E-state index is 12.3. The monoisotopic (exact) mass is 359 g/mol. The number of fused-ring (bicyclic) bond motifs is 1. The number of benzene rings is 1. The van der Waals surface area contributed by atoms with E-state index in [-0.39, 0.29) is 24.0 Å². The van der Waals surface area contributed by atoms with E-state index in [1.54, 1.807) is 31.3 Å². The number of esters is 1. The summed E-state index contributed by atoms with van der Waals surface area (Å²) in [5, 5.41) is 4.15. The van der Waals surface area contributed by atoms with E-state index in [2.05, 4.69) is 10.3 Å². The lowest BCUT2D eigenvalue weighted by Crippen LogP contribution is -2.17. The molecule has 3 rings (SSSR count). The highest BCUT2D eigenvalue weighted by Gasteiger charge is 2.23. The van der Waals surface area contributed by atoms with Crippen LogP contribution in [0.3, 0.4) is 0 Å². The summed E-state index contributed by atoms with van der Waals surface area (Å²) >= 11 is 1.31. The molecule has 2 aromatic heterocycles. The van der Waals surface area contributed by atoms with Crippen LogP contribution in [0.25, 0.3) is 11.0 Å². The van der Waals surface area contributed by atoms with Crippen molar-refractivity contribution < 1.29 is 18.7 Å². The van der Waals surface area contributed by atoms with Gasteiger partial charge in [-0.05, 0) is 19.1 Å². The summed E-state index contributed by atoms with van der Waals surface area (Å²) in [5.41, 5.74) is 0.845. The fourth-order valence-electron chi connectivity index (χ4n) is 2.31. The molecule has 3 aromatic rings. The molecular formula is C17H17N3O4S. The van der Waals surface area contributed by atoms with E-state index in [4.69, 9.17) is 9.15 Å². The lowest BCUT2D eigenvalue weighted by atomic mass is 10.2. The Morgan fingerprint density at radius 3 is 2.88 bits per heavy atom. The summed E-state index contributed by atoms with van der Waals surface area (Å²) in [6, 6.07) is 7.12. The lowest BCUT2D eigenvalue weighted by molar-refractivity contribution is -0.113. The van der Waals surface area contributed by atoms with Crippen LogP contribution >= 0.6 is 11.8 Å². The first-order valence-electron chi connectivity index (χ1n) is 7.68. The fraction of sp³-hybridized carbons (Fsp3) is 0.235. The summed E-state index contributed by atoms with van der Waals surface area (Å²) in [7, 11) is 1.86. The van der Waals surface area contributed by atoms with Crippen LogP contribution in [-0.2, 0) is 16.6 Å². The van der Waals surface area contributed by atoms with Crippen LogP contribution in [-0.4, -0.2) is 33.8 Å². The molecule has 1 N–H and O–H groups in total. The first-order valence-corrected chi connectivity index (χ1v) is 8.67. The number of hydrogen-bond donors (Lipinski definition) is 1. The number of hydrogen-bond acceptors (Lipinski definition) is 6. The van der Waals surface area contributed by atoms with Crippen molar-refractivity contribution in [3.05, 3.63) is 42.4 Å². The van der Waals surface area contributed by atoms with Crippen molar-refractivity contribution in [2.24, 2.45) is 7.05 Å². The Bertz CT molecular complexity index is 916. The van der Waals surface area contributed by atoms with Gasteiger partial charge < -0.3 is 19.0 Å². The molecule has 0 aliphatic carbocycles. The minimum absolute atomic E-state index is 0.00149. The van der Waals surface area contributed by atoms with Crippen LogP contribution in [0, 0.1) is 0 Å². The summed E-state index contributed by atoms with van der Waals surface area (Å²) in [6.45, 7) is 1.93. The molecule has 7 nitrogen and oxygen atoms in total. The molecule has 0 saturated heterocycles. The number of aromatic nitrogens is 2. The van der Waals surface area contributed by atoms with E-state index in [0.29, 0.717) is 16.7 Å². The van der Waals surface area contributed by atoms with Crippen molar-refractivity contribution >= 4 is 40.3 Å². The average Bonchev–Trinajstić information content (AvgIpc) is 3.17. The van der Waals surface area contributed by atoms with E-state index >= 15 is 0 Å². The fourth-order valence-corrected chi connectivity index (χ4v) is 3.04. The number of para-hydroxylation sites is 1. The zero-order valence-electron chi connectivity index (χ0n) is 13.8. The minimum Gasteiger partial charge on any atom is -0.460 e. The van der Waals surface area contributed by atoms with Gasteiger partial charge >= 0.3 is 5.97 Å². The minimum atomic E-state index is -0.606. The summed E-state index contributed by atoms with van der Waals surface area (Å²) in [4.78, 5) is 28.6. The second-order valence-electron chi connectivity index (χ2n) is 5.18. The molecule has 0 aliphatic heterocycles. The Morgan fingerprint density at radius 1 is 1.36 bits per heavy atom. The molecule has 0 spiro atoms. The van der Waals surface area contributed by atoms with Gasteiger partial charge in [-0.15, -0.1) is 0 Å². The van der Waals surface area contributed by atoms with Gasteiger partial charge in [0.2, 0.25) is 11.7 Å². The highest BCUT2D eigenvalue weighted by molar-refractivity contribution is 7.99. The number of rotatable bonds is 6. The van der Waals surface area contributed by atoms with Crippen LogP contribution in [0.5, 0.6) is 0 Å². The number of ether oxygens (including phenoxy) is 1. The highest BCUT2D eigenvalue weighted by atomic mass is 32.2. The van der Waals surface area contributed by atoms with E-state index in [0.717, 1.165) is 5.16 Å². The molecule has 130 valence electrons. The Labute approximate surface area is 148 Å². The van der Waals surface area contributed by atoms with Crippen LogP contribution in [0.1, 0.15) is 17.5 Å². The molecule has 25 heavy (non-hydrogen) atoms. The van der Waals surface area contributed by atoms with Crippen LogP contribution in [0.4, 0.5) is 5.69 Å². The Kier molecular flexibility index (Phi) is 5.08. The molecule has 0 saturated carbocycles. The number of furan rings is 1. The number of thioether (sulfide) groups is 1. The van der Waals surface area contributed by atoms with Gasteiger partial charge in [-0.3, -0.25) is 4.79 Å². The molecule has 0 atom stereocenters. The van der Waals surface area contributed by atoms with Gasteiger partial charge in [0.15, 0.2) is 5.16 Å². The molecule has 2 heterocycles. The quantitative estimate of drug-likeness (QED) is 0.538. The molecule has 0 bridgehead atoms. The number of imidazole rings is 1. The summed E-state index contributed by atoms with van der Waals surface area (Å²) in [5.74, 6) is -0.707. The third kappa shape index (κ3) is 3.69. The van der Waals surface area contributed by atoms with Crippen LogP contribution in [0.2, 0.25) is 0 Å². The first kappa shape index (κ1) is 17.1. The maximum Gasteiger partial charge on any atom is 0.376 e. The summed E-state index contributed by atoms with van der Waals surface area (Å²) in [6.07, 6.45) is 3.48. The van der Waals surface area contributed by atoms with Crippen molar-refractivity contribution in [1.29, 1.82) is 0 Å². The molecule has 8 heteroatoms. The zero-order valence-corrected chi connectivity index (χ0v) is 14.6. The first-order chi connectivity index (χ1) is 12.1. The number of amides is 1. The van der Waals surface area contributed by atoms with E-state index in [1.807, 2.05) is 23.9 Å². The summed E-state index contributed by atoms with van der Waals surface area (Å²) < 4.78 is 12.4. The van der Waals surface area contributed by atoms with Gasteiger partial charge in [0.05, 0.1) is 12.4 Å². The molecule has 0 unspecified atom stereocenters. The molecular weight excluding hydrogens is 342 g/mol. The maximum atomic E-state index is 12.3. The van der Waals surface area contributed by atoms with E-state index in [9.17, 15) is 9.59 Å². The molecule has 1 aromatic carbocycles. The largest absolute Gasteiger partial charge is 0.460 e. The highest BCUT2D eigenvalue weighted by Crippen LogP contribution is 2.31. The van der Waals surface area contributed by atoms with Crippen molar-refractivity contribution in [2.75, 3.05) is 17.7 Å². The SMILES string of the molecule is CCOC(=O)c1oc2ccccc2c1NC(=O)CSc1nccn1C. The number of nitrogens with zero attached hydrogens (tertiary/aromatic N) is 2. The topological polar surface area (TPSA) is 86.4 Å². The number of anilines is 1. The number of aryl methyl sites for hydroxylation is 1. The molecule has 1 amide bonds. The van der Waals surface area contributed by atoms with Gasteiger partial charge in [-0.2, -0.15) is 0 Å². The standard InChI is InChI=1S/C17H17N3O4S/c1-3-23-16(22)15-14(11-6-4-5-7-12(11)24-15)19-13(21)10-25-17-18-8-9-20(17)2/h4-9H,3,10H2,1-2H3,(H,19,21). The van der Waals surface area contributed by atoms with Crippen LogP contribution in [0.15, 0.2) is 46.2 Å². The van der Waals surface area contributed by atoms with Gasteiger partial charge in [0.1, 0.15) is 11.3 Å². The van der Waals surface area contributed by atoms with Crippen LogP contribution < -0.4 is 5.32 Å². The third-order valence-corrected chi connectivity index (χ3v) is 4.49. The Hall–Kier alpha value is -2.74. The number of carbonyl (C=O) groups is 2. The second-order valence-corrected chi connectivity index (χ2v) is 6.12. The average molecular weight is 359 g/mol. The Balaban J connectivity index is 1.81. The predicted octanol–water partition coefficient (Wildman–Crippen LogP) is 3.07. The molecule has 0 radical (unpaired) electrons. The molecule has 0 aliphatic rings. The normalized spacial score (nSPS) is 10.8. The lowest BCUT2D eigenvalue weighted by Gasteiger charge is -2.06. The van der Waals surface area contributed by atoms with Crippen molar-refractivity contribution in [3.8, 4) is 0 Å². The second kappa shape index (κ2) is 7.43. The van der Waals surface area contributed by atoms with E-state index < -0.39 is 5.97 Å². The number of nitrogens with one attached hydrogen (secondary N) is 1. The van der Waals surface area contributed by atoms with Crippen molar-refractivity contribution in [1.82, 2.24) is 9.55 Å². The zero-order chi connectivity index (χ0) is 17.8. The van der Waals surface area contributed by atoms with Crippen molar-refractivity contribution in [2.45, 2.75) is 12.1 Å². The van der Waals surface area contributed by atoms with Gasteiger partial charge in [0, 0.05) is 24.8 Å². The van der Waals surface area contributed by atoms with Gasteiger partial charge in [0.25, 0.3) is 0 Å². The van der Waals surface area contributed by atoms with E-state index in [1.165, 1.54) is 11.8 Å². The smallest absolute Gasteiger partial charge is 0.376 e. The third-order valence-electron chi connectivity index (χ3n) is 3.43. The van der Waals surface area contributed by atoms with Crippen molar-refractivity contribution in [3.63, 3.8) is 0 Å².